The third kappa shape index (κ3) is 5.03. The van der Waals surface area contributed by atoms with Crippen molar-refractivity contribution in [3.8, 4) is 11.5 Å². The lowest BCUT2D eigenvalue weighted by molar-refractivity contribution is -0.129. The smallest absolute Gasteiger partial charge is 0.363 e. The molecule has 0 unspecified atom stereocenters. The van der Waals surface area contributed by atoms with E-state index in [9.17, 15) is 4.79 Å². The fraction of sp³-hybridized carbons (Fsp3) is 0.120. The van der Waals surface area contributed by atoms with Gasteiger partial charge in [-0.25, -0.2) is 9.79 Å². The van der Waals surface area contributed by atoms with Gasteiger partial charge in [0.05, 0.1) is 7.11 Å². The highest BCUT2D eigenvalue weighted by Crippen LogP contribution is 2.30. The molecule has 1 aliphatic heterocycles. The van der Waals surface area contributed by atoms with Crippen molar-refractivity contribution in [3.05, 3.63) is 99.2 Å². The fourth-order valence-corrected chi connectivity index (χ4v) is 3.57. The second-order valence-electron chi connectivity index (χ2n) is 7.03. The van der Waals surface area contributed by atoms with Crippen LogP contribution in [0.25, 0.3) is 6.08 Å². The minimum atomic E-state index is -0.492. The number of aliphatic imine (C=N–C) groups is 1. The molecule has 0 aliphatic carbocycles. The number of hydrogen-bond acceptors (Lipinski definition) is 5. The summed E-state index contributed by atoms with van der Waals surface area (Å²) in [6, 6.07) is 21.1. The predicted octanol–water partition coefficient (Wildman–Crippen LogP) is 5.69. The van der Waals surface area contributed by atoms with E-state index in [0.717, 1.165) is 21.2 Å². The molecule has 0 spiro atoms. The van der Waals surface area contributed by atoms with Gasteiger partial charge in [0.1, 0.15) is 6.61 Å². The zero-order chi connectivity index (χ0) is 21.8. The third-order valence-electron chi connectivity index (χ3n) is 4.66. The van der Waals surface area contributed by atoms with Gasteiger partial charge in [0, 0.05) is 10.0 Å². The number of cyclic esters (lactones) is 1. The van der Waals surface area contributed by atoms with Crippen LogP contribution in [0.15, 0.2) is 81.9 Å². The van der Waals surface area contributed by atoms with Crippen molar-refractivity contribution in [2.75, 3.05) is 7.11 Å². The van der Waals surface area contributed by atoms with Gasteiger partial charge in [-0.05, 0) is 54.5 Å². The lowest BCUT2D eigenvalue weighted by atomic mass is 10.1. The number of aryl methyl sites for hydroxylation is 1. The van der Waals surface area contributed by atoms with Crippen LogP contribution >= 0.6 is 15.9 Å². The van der Waals surface area contributed by atoms with Crippen LogP contribution in [0, 0.1) is 6.92 Å². The van der Waals surface area contributed by atoms with Crippen molar-refractivity contribution in [1.29, 1.82) is 0 Å². The van der Waals surface area contributed by atoms with Crippen LogP contribution in [0.3, 0.4) is 0 Å². The van der Waals surface area contributed by atoms with E-state index in [1.165, 1.54) is 5.56 Å². The molecule has 0 aromatic heterocycles. The Balaban J connectivity index is 1.54. The van der Waals surface area contributed by atoms with E-state index >= 15 is 0 Å². The summed E-state index contributed by atoms with van der Waals surface area (Å²) in [6.45, 7) is 2.48. The summed E-state index contributed by atoms with van der Waals surface area (Å²) in [5.41, 5.74) is 3.97. The maximum absolute atomic E-state index is 12.3. The molecule has 5 nitrogen and oxygen atoms in total. The summed E-state index contributed by atoms with van der Waals surface area (Å²) in [4.78, 5) is 16.6. The number of ether oxygens (including phenoxy) is 3. The van der Waals surface area contributed by atoms with Crippen LogP contribution in [0.4, 0.5) is 0 Å². The maximum atomic E-state index is 12.3. The van der Waals surface area contributed by atoms with Gasteiger partial charge >= 0.3 is 5.97 Å². The molecule has 156 valence electrons. The summed E-state index contributed by atoms with van der Waals surface area (Å²) >= 11 is 3.41. The summed E-state index contributed by atoms with van der Waals surface area (Å²) in [5.74, 6) is 0.986. The zero-order valence-electron chi connectivity index (χ0n) is 17.1. The molecular weight excluding hydrogens is 458 g/mol. The topological polar surface area (TPSA) is 57.1 Å². The second kappa shape index (κ2) is 9.18. The maximum Gasteiger partial charge on any atom is 0.363 e. The van der Waals surface area contributed by atoms with Crippen molar-refractivity contribution in [3.63, 3.8) is 0 Å². The van der Waals surface area contributed by atoms with Crippen LogP contribution < -0.4 is 9.47 Å². The number of benzene rings is 3. The van der Waals surface area contributed by atoms with E-state index in [1.807, 2.05) is 61.5 Å². The first-order valence-electron chi connectivity index (χ1n) is 9.67. The highest BCUT2D eigenvalue weighted by molar-refractivity contribution is 9.10. The van der Waals surface area contributed by atoms with Crippen LogP contribution in [0.2, 0.25) is 0 Å². The number of methoxy groups -OCH3 is 1. The second-order valence-corrected chi connectivity index (χ2v) is 7.95. The average molecular weight is 478 g/mol. The Morgan fingerprint density at radius 1 is 1.03 bits per heavy atom. The van der Waals surface area contributed by atoms with Crippen LogP contribution in [-0.2, 0) is 16.1 Å². The first kappa shape index (κ1) is 20.9. The van der Waals surface area contributed by atoms with Crippen molar-refractivity contribution >= 4 is 33.9 Å². The summed E-state index contributed by atoms with van der Waals surface area (Å²) in [6.07, 6.45) is 1.67. The molecule has 1 heterocycles. The van der Waals surface area contributed by atoms with Crippen molar-refractivity contribution in [2.45, 2.75) is 13.5 Å². The van der Waals surface area contributed by atoms with Gasteiger partial charge in [0.2, 0.25) is 5.90 Å². The lowest BCUT2D eigenvalue weighted by Crippen LogP contribution is -2.05. The number of hydrogen-bond donors (Lipinski definition) is 0. The Labute approximate surface area is 189 Å². The quantitative estimate of drug-likeness (QED) is 0.338. The predicted molar refractivity (Wildman–Crippen MR) is 123 cm³/mol. The molecular formula is C25H20BrNO4. The number of halogens is 1. The summed E-state index contributed by atoms with van der Waals surface area (Å²) in [5, 5.41) is 0. The van der Waals surface area contributed by atoms with Gasteiger partial charge in [-0.1, -0.05) is 57.9 Å². The van der Waals surface area contributed by atoms with E-state index in [2.05, 4.69) is 27.0 Å². The summed E-state index contributed by atoms with van der Waals surface area (Å²) in [7, 11) is 1.58. The van der Waals surface area contributed by atoms with E-state index in [0.29, 0.717) is 18.1 Å². The lowest BCUT2D eigenvalue weighted by Gasteiger charge is -2.12. The standard InChI is InChI=1S/C25H20BrNO4/c1-16-5-3-6-18(11-16)15-30-22-10-9-17(13-23(22)29-2)12-21-25(28)31-24(27-21)19-7-4-8-20(26)14-19/h3-14H,15H2,1-2H3/b21-12-. The number of nitrogens with zero attached hydrogens (tertiary/aromatic N) is 1. The van der Waals surface area contributed by atoms with Gasteiger partial charge in [-0.15, -0.1) is 0 Å². The molecule has 0 N–H and O–H groups in total. The van der Waals surface area contributed by atoms with Gasteiger partial charge in [-0.3, -0.25) is 0 Å². The number of carbonyl (C=O) groups is 1. The molecule has 0 atom stereocenters. The molecule has 4 rings (SSSR count). The van der Waals surface area contributed by atoms with E-state index in [-0.39, 0.29) is 11.6 Å². The molecule has 0 saturated carbocycles. The Morgan fingerprint density at radius 3 is 2.65 bits per heavy atom. The van der Waals surface area contributed by atoms with Crippen LogP contribution in [0.1, 0.15) is 22.3 Å². The molecule has 3 aromatic carbocycles. The van der Waals surface area contributed by atoms with E-state index in [4.69, 9.17) is 14.2 Å². The number of esters is 1. The molecule has 6 heteroatoms. The minimum absolute atomic E-state index is 0.227. The molecule has 31 heavy (non-hydrogen) atoms. The van der Waals surface area contributed by atoms with Gasteiger partial charge < -0.3 is 14.2 Å². The SMILES string of the molecule is COc1cc(/C=C2\N=C(c3cccc(Br)c3)OC2=O)ccc1OCc1cccc(C)c1. The fourth-order valence-electron chi connectivity index (χ4n) is 3.17. The van der Waals surface area contributed by atoms with Crippen molar-refractivity contribution < 1.29 is 19.0 Å². The van der Waals surface area contributed by atoms with Gasteiger partial charge in [0.25, 0.3) is 0 Å². The Bertz CT molecular complexity index is 1200. The van der Waals surface area contributed by atoms with Gasteiger partial charge in [-0.2, -0.15) is 0 Å². The Hall–Kier alpha value is -3.38. The Morgan fingerprint density at radius 2 is 1.87 bits per heavy atom. The van der Waals surface area contributed by atoms with Crippen LogP contribution in [0.5, 0.6) is 11.5 Å². The highest BCUT2D eigenvalue weighted by Gasteiger charge is 2.24. The zero-order valence-corrected chi connectivity index (χ0v) is 18.7. The van der Waals surface area contributed by atoms with E-state index in [1.54, 1.807) is 19.3 Å². The average Bonchev–Trinajstić information content (AvgIpc) is 3.13. The monoisotopic (exact) mass is 477 g/mol. The molecule has 1 aliphatic rings. The molecule has 0 saturated heterocycles. The highest BCUT2D eigenvalue weighted by atomic mass is 79.9. The largest absolute Gasteiger partial charge is 0.493 e. The van der Waals surface area contributed by atoms with Crippen molar-refractivity contribution in [1.82, 2.24) is 0 Å². The summed E-state index contributed by atoms with van der Waals surface area (Å²) < 4.78 is 17.6. The Kier molecular flexibility index (Phi) is 6.18. The normalized spacial score (nSPS) is 14.4. The van der Waals surface area contributed by atoms with Crippen LogP contribution in [-0.4, -0.2) is 19.0 Å². The molecule has 3 aromatic rings. The van der Waals surface area contributed by atoms with Gasteiger partial charge in [0.15, 0.2) is 17.2 Å². The number of rotatable bonds is 6. The number of carbonyl (C=O) groups excluding carboxylic acids is 1. The first-order valence-corrected chi connectivity index (χ1v) is 10.5. The van der Waals surface area contributed by atoms with Crippen molar-refractivity contribution in [2.24, 2.45) is 4.99 Å². The van der Waals surface area contributed by atoms with E-state index < -0.39 is 5.97 Å². The molecule has 0 fully saturated rings. The molecule has 0 radical (unpaired) electrons. The molecule has 0 bridgehead atoms. The third-order valence-corrected chi connectivity index (χ3v) is 5.15. The molecule has 0 amide bonds. The first-order chi connectivity index (χ1) is 15.0. The minimum Gasteiger partial charge on any atom is -0.493 e.